The number of hydrogen-bond acceptors (Lipinski definition) is 5. The van der Waals surface area contributed by atoms with Crippen molar-refractivity contribution in [2.75, 3.05) is 5.32 Å². The average molecular weight is 384 g/mol. The number of amides is 1. The summed E-state index contributed by atoms with van der Waals surface area (Å²) in [4.78, 5) is 31.2. The molecule has 0 aliphatic carbocycles. The van der Waals surface area contributed by atoms with Gasteiger partial charge in [-0.15, -0.1) is 0 Å². The average Bonchev–Trinajstić information content (AvgIpc) is 2.48. The normalized spacial score (nSPS) is 11.1. The molecule has 25 heavy (non-hydrogen) atoms. The zero-order valence-corrected chi connectivity index (χ0v) is 15.1. The van der Waals surface area contributed by atoms with Gasteiger partial charge in [-0.1, -0.05) is 35.3 Å². The van der Waals surface area contributed by atoms with Gasteiger partial charge in [-0.2, -0.15) is 0 Å². The maximum Gasteiger partial charge on any atom is 0.413 e. The maximum absolute atomic E-state index is 12.0. The highest BCUT2D eigenvalue weighted by atomic mass is 35.5. The molecule has 1 aromatic carbocycles. The number of aromatic nitrogens is 2. The fourth-order valence-corrected chi connectivity index (χ4v) is 2.25. The maximum atomic E-state index is 12.0. The molecule has 1 aromatic heterocycles. The standard InChI is InChI=1S/C16H15Cl2N3O4/c1-16(2,3)25-15(24)21-13-12(19-7-10(20-13)14(22)23)8-5-4-6-9(17)11(8)18/h4-7H,1-3H3,(H,22,23)(H,20,21,24). The summed E-state index contributed by atoms with van der Waals surface area (Å²) in [6.07, 6.45) is 0.263. The molecule has 2 rings (SSSR count). The minimum absolute atomic E-state index is 0.0988. The van der Waals surface area contributed by atoms with E-state index in [0.29, 0.717) is 5.56 Å². The molecule has 1 heterocycles. The fraction of sp³-hybridized carbons (Fsp3) is 0.250. The number of carboxylic acids is 1. The van der Waals surface area contributed by atoms with E-state index in [1.807, 2.05) is 0 Å². The Labute approximate surface area is 154 Å². The van der Waals surface area contributed by atoms with E-state index in [-0.39, 0.29) is 27.3 Å². The van der Waals surface area contributed by atoms with Crippen LogP contribution in [0.2, 0.25) is 10.0 Å². The van der Waals surface area contributed by atoms with Crippen molar-refractivity contribution in [1.82, 2.24) is 9.97 Å². The first kappa shape index (κ1) is 19.0. The van der Waals surface area contributed by atoms with E-state index < -0.39 is 17.7 Å². The van der Waals surface area contributed by atoms with Crippen LogP contribution in [0.5, 0.6) is 0 Å². The van der Waals surface area contributed by atoms with Crippen molar-refractivity contribution in [3.8, 4) is 11.3 Å². The monoisotopic (exact) mass is 383 g/mol. The molecule has 0 aliphatic rings. The van der Waals surface area contributed by atoms with Crippen molar-refractivity contribution in [1.29, 1.82) is 0 Å². The van der Waals surface area contributed by atoms with E-state index in [1.54, 1.807) is 39.0 Å². The lowest BCUT2D eigenvalue weighted by Gasteiger charge is -2.20. The lowest BCUT2D eigenvalue weighted by atomic mass is 10.1. The molecule has 7 nitrogen and oxygen atoms in total. The Hall–Kier alpha value is -2.38. The summed E-state index contributed by atoms with van der Waals surface area (Å²) >= 11 is 12.2. The number of halogens is 2. The number of benzene rings is 1. The number of carboxylic acid groups (broad SMARTS) is 1. The van der Waals surface area contributed by atoms with Gasteiger partial charge in [0.1, 0.15) is 11.3 Å². The summed E-state index contributed by atoms with van der Waals surface area (Å²) in [5, 5.41) is 12.0. The van der Waals surface area contributed by atoms with Gasteiger partial charge in [-0.3, -0.25) is 5.32 Å². The molecule has 0 bridgehead atoms. The molecule has 0 radical (unpaired) electrons. The van der Waals surface area contributed by atoms with Crippen molar-refractivity contribution < 1.29 is 19.4 Å². The van der Waals surface area contributed by atoms with Gasteiger partial charge in [0.25, 0.3) is 0 Å². The van der Waals surface area contributed by atoms with E-state index >= 15 is 0 Å². The Morgan fingerprint density at radius 3 is 2.52 bits per heavy atom. The number of nitrogens with zero attached hydrogens (tertiary/aromatic N) is 2. The van der Waals surface area contributed by atoms with Crippen molar-refractivity contribution >= 4 is 41.1 Å². The van der Waals surface area contributed by atoms with Crippen LogP contribution in [0.15, 0.2) is 24.4 Å². The molecule has 0 saturated carbocycles. The molecule has 0 atom stereocenters. The molecule has 0 aliphatic heterocycles. The van der Waals surface area contributed by atoms with Crippen LogP contribution in [-0.4, -0.2) is 32.7 Å². The summed E-state index contributed by atoms with van der Waals surface area (Å²) in [6, 6.07) is 4.86. The lowest BCUT2D eigenvalue weighted by Crippen LogP contribution is -2.28. The Kier molecular flexibility index (Phi) is 5.49. The summed E-state index contributed by atoms with van der Waals surface area (Å²) in [5.41, 5.74) is -0.517. The van der Waals surface area contributed by atoms with Gasteiger partial charge in [0.15, 0.2) is 11.5 Å². The second-order valence-electron chi connectivity index (χ2n) is 5.99. The van der Waals surface area contributed by atoms with E-state index in [0.717, 1.165) is 6.20 Å². The molecular weight excluding hydrogens is 369 g/mol. The molecule has 0 fully saturated rings. The number of aromatic carboxylic acids is 1. The third-order valence-corrected chi connectivity index (χ3v) is 3.64. The van der Waals surface area contributed by atoms with Gasteiger partial charge >= 0.3 is 12.1 Å². The van der Waals surface area contributed by atoms with Gasteiger partial charge in [-0.05, 0) is 26.8 Å². The molecule has 132 valence electrons. The van der Waals surface area contributed by atoms with Gasteiger partial charge in [0.05, 0.1) is 16.2 Å². The molecule has 9 heteroatoms. The Balaban J connectivity index is 2.51. The highest BCUT2D eigenvalue weighted by Crippen LogP contribution is 2.35. The van der Waals surface area contributed by atoms with Gasteiger partial charge in [0.2, 0.25) is 0 Å². The SMILES string of the molecule is CC(C)(C)OC(=O)Nc1nc(C(=O)O)cnc1-c1cccc(Cl)c1Cl. The molecule has 0 spiro atoms. The quantitative estimate of drug-likeness (QED) is 0.808. The van der Waals surface area contributed by atoms with Crippen molar-refractivity contribution in [3.63, 3.8) is 0 Å². The molecule has 2 N–H and O–H groups in total. The molecule has 2 aromatic rings. The Bertz CT molecular complexity index is 835. The second-order valence-corrected chi connectivity index (χ2v) is 6.77. The first-order valence-corrected chi connectivity index (χ1v) is 7.89. The van der Waals surface area contributed by atoms with E-state index in [2.05, 4.69) is 15.3 Å². The predicted molar refractivity (Wildman–Crippen MR) is 94.3 cm³/mol. The zero-order chi connectivity index (χ0) is 18.8. The molecule has 0 saturated heterocycles. The topological polar surface area (TPSA) is 101 Å². The summed E-state index contributed by atoms with van der Waals surface area (Å²) < 4.78 is 5.16. The first-order chi connectivity index (χ1) is 11.6. The van der Waals surface area contributed by atoms with Crippen LogP contribution < -0.4 is 5.32 Å². The van der Waals surface area contributed by atoms with Gasteiger partial charge in [-0.25, -0.2) is 19.6 Å². The first-order valence-electron chi connectivity index (χ1n) is 7.13. The summed E-state index contributed by atoms with van der Waals surface area (Å²) in [6.45, 7) is 5.09. The van der Waals surface area contributed by atoms with Crippen LogP contribution in [0, 0.1) is 0 Å². The number of carbonyl (C=O) groups is 2. The molecule has 1 amide bonds. The second kappa shape index (κ2) is 7.25. The third kappa shape index (κ3) is 4.80. The van der Waals surface area contributed by atoms with Crippen LogP contribution >= 0.6 is 23.2 Å². The van der Waals surface area contributed by atoms with Crippen molar-refractivity contribution in [2.24, 2.45) is 0 Å². The molecule has 0 unspecified atom stereocenters. The zero-order valence-electron chi connectivity index (χ0n) is 13.6. The highest BCUT2D eigenvalue weighted by molar-refractivity contribution is 6.43. The largest absolute Gasteiger partial charge is 0.476 e. The third-order valence-electron chi connectivity index (χ3n) is 2.82. The van der Waals surface area contributed by atoms with Crippen LogP contribution in [0.3, 0.4) is 0 Å². The van der Waals surface area contributed by atoms with Gasteiger partial charge < -0.3 is 9.84 Å². The van der Waals surface area contributed by atoms with Crippen LogP contribution in [0.25, 0.3) is 11.3 Å². The predicted octanol–water partition coefficient (Wildman–Crippen LogP) is 4.50. The van der Waals surface area contributed by atoms with Crippen molar-refractivity contribution in [2.45, 2.75) is 26.4 Å². The van der Waals surface area contributed by atoms with E-state index in [9.17, 15) is 9.59 Å². The van der Waals surface area contributed by atoms with Crippen LogP contribution in [-0.2, 0) is 4.74 Å². The van der Waals surface area contributed by atoms with Crippen molar-refractivity contribution in [3.05, 3.63) is 40.1 Å². The smallest absolute Gasteiger partial charge is 0.413 e. The number of anilines is 1. The number of ether oxygens (including phenoxy) is 1. The van der Waals surface area contributed by atoms with Crippen LogP contribution in [0.1, 0.15) is 31.3 Å². The molecular formula is C16H15Cl2N3O4. The van der Waals surface area contributed by atoms with Gasteiger partial charge in [0, 0.05) is 5.56 Å². The number of carbonyl (C=O) groups excluding carboxylic acids is 1. The minimum atomic E-state index is -1.29. The minimum Gasteiger partial charge on any atom is -0.476 e. The Morgan fingerprint density at radius 1 is 1.24 bits per heavy atom. The highest BCUT2D eigenvalue weighted by Gasteiger charge is 2.21. The Morgan fingerprint density at radius 2 is 1.92 bits per heavy atom. The number of nitrogens with one attached hydrogen (secondary N) is 1. The van der Waals surface area contributed by atoms with Crippen LogP contribution in [0.4, 0.5) is 10.6 Å². The fourth-order valence-electron chi connectivity index (χ4n) is 1.86. The number of hydrogen-bond donors (Lipinski definition) is 2. The summed E-state index contributed by atoms with van der Waals surface area (Å²) in [5.74, 6) is -1.39. The van der Waals surface area contributed by atoms with E-state index in [4.69, 9.17) is 33.0 Å². The number of rotatable bonds is 3. The summed E-state index contributed by atoms with van der Waals surface area (Å²) in [7, 11) is 0. The lowest BCUT2D eigenvalue weighted by molar-refractivity contribution is 0.0630. The van der Waals surface area contributed by atoms with E-state index in [1.165, 1.54) is 0 Å².